The molecule has 1 aliphatic rings. The zero-order valence-electron chi connectivity index (χ0n) is 8.43. The first kappa shape index (κ1) is 10.0. The Morgan fingerprint density at radius 1 is 1.50 bits per heavy atom. The largest absolute Gasteiger partial charge is 0.391 e. The molecule has 12 heavy (non-hydrogen) atoms. The number of hydrogen-bond donors (Lipinski definition) is 2. The Hall–Kier alpha value is -0.0800. The second kappa shape index (κ2) is 3.75. The molecule has 2 N–H and O–H groups in total. The zero-order chi connectivity index (χ0) is 9.19. The van der Waals surface area contributed by atoms with E-state index in [-0.39, 0.29) is 11.5 Å². The van der Waals surface area contributed by atoms with E-state index in [9.17, 15) is 5.11 Å². The van der Waals surface area contributed by atoms with Crippen molar-refractivity contribution in [2.24, 2.45) is 5.41 Å². The van der Waals surface area contributed by atoms with Gasteiger partial charge in [-0.2, -0.15) is 0 Å². The molecule has 1 aliphatic heterocycles. The summed E-state index contributed by atoms with van der Waals surface area (Å²) in [5.41, 5.74) is 0.240. The molecule has 0 aromatic rings. The lowest BCUT2D eigenvalue weighted by Gasteiger charge is -2.26. The highest BCUT2D eigenvalue weighted by molar-refractivity contribution is 4.83. The minimum absolute atomic E-state index is 0.160. The maximum absolute atomic E-state index is 9.82. The van der Waals surface area contributed by atoms with Crippen molar-refractivity contribution in [3.63, 3.8) is 0 Å². The van der Waals surface area contributed by atoms with Crippen LogP contribution in [0.25, 0.3) is 0 Å². The smallest absolute Gasteiger partial charge is 0.0698 e. The number of aliphatic hydroxyl groups excluding tert-OH is 1. The van der Waals surface area contributed by atoms with Crippen LogP contribution in [0.4, 0.5) is 0 Å². The highest BCUT2D eigenvalue weighted by Crippen LogP contribution is 2.24. The van der Waals surface area contributed by atoms with Gasteiger partial charge in [-0.05, 0) is 31.2 Å². The van der Waals surface area contributed by atoms with Crippen molar-refractivity contribution < 1.29 is 5.11 Å². The van der Waals surface area contributed by atoms with Gasteiger partial charge in [0.15, 0.2) is 0 Å². The topological polar surface area (TPSA) is 32.3 Å². The Balaban J connectivity index is 2.31. The maximum Gasteiger partial charge on any atom is 0.0698 e. The SMILES string of the molecule is CC(C)(C)C[C@@H](O)[C@@H]1CCCN1. The highest BCUT2D eigenvalue weighted by atomic mass is 16.3. The molecular weight excluding hydrogens is 150 g/mol. The Bertz CT molecular complexity index is 133. The molecule has 2 heteroatoms. The number of rotatable bonds is 2. The number of hydrogen-bond acceptors (Lipinski definition) is 2. The first-order valence-corrected chi connectivity index (χ1v) is 4.90. The fraction of sp³-hybridized carbons (Fsp3) is 1.00. The van der Waals surface area contributed by atoms with Crippen molar-refractivity contribution in [1.29, 1.82) is 0 Å². The van der Waals surface area contributed by atoms with E-state index in [1.807, 2.05) is 0 Å². The lowest BCUT2D eigenvalue weighted by atomic mass is 9.86. The second-order valence-corrected chi connectivity index (χ2v) is 5.03. The first-order valence-electron chi connectivity index (χ1n) is 4.90. The van der Waals surface area contributed by atoms with E-state index < -0.39 is 0 Å². The van der Waals surface area contributed by atoms with E-state index in [0.717, 1.165) is 19.4 Å². The van der Waals surface area contributed by atoms with E-state index in [2.05, 4.69) is 26.1 Å². The third-order valence-electron chi connectivity index (χ3n) is 2.38. The van der Waals surface area contributed by atoms with Gasteiger partial charge in [0.2, 0.25) is 0 Å². The van der Waals surface area contributed by atoms with Crippen molar-refractivity contribution in [2.75, 3.05) is 6.54 Å². The van der Waals surface area contributed by atoms with E-state index in [4.69, 9.17) is 0 Å². The fourth-order valence-corrected chi connectivity index (χ4v) is 1.81. The molecule has 1 rings (SSSR count). The molecule has 0 amide bonds. The first-order chi connectivity index (χ1) is 5.49. The van der Waals surface area contributed by atoms with Crippen LogP contribution in [0.1, 0.15) is 40.0 Å². The lowest BCUT2D eigenvalue weighted by Crippen LogP contribution is -2.37. The molecule has 1 heterocycles. The van der Waals surface area contributed by atoms with Crippen molar-refractivity contribution >= 4 is 0 Å². The highest BCUT2D eigenvalue weighted by Gasteiger charge is 2.26. The molecule has 0 bridgehead atoms. The summed E-state index contributed by atoms with van der Waals surface area (Å²) >= 11 is 0. The zero-order valence-corrected chi connectivity index (χ0v) is 8.43. The van der Waals surface area contributed by atoms with Crippen LogP contribution in [-0.2, 0) is 0 Å². The molecule has 0 unspecified atom stereocenters. The summed E-state index contributed by atoms with van der Waals surface area (Å²) in [6.07, 6.45) is 3.08. The molecule has 1 saturated heterocycles. The van der Waals surface area contributed by atoms with Crippen molar-refractivity contribution in [3.8, 4) is 0 Å². The minimum Gasteiger partial charge on any atom is -0.391 e. The molecule has 2 atom stereocenters. The average molecular weight is 171 g/mol. The molecule has 0 saturated carbocycles. The van der Waals surface area contributed by atoms with E-state index in [0.29, 0.717) is 6.04 Å². The van der Waals surface area contributed by atoms with Gasteiger partial charge in [0.05, 0.1) is 6.10 Å². The average Bonchev–Trinajstić information content (AvgIpc) is 2.32. The molecule has 72 valence electrons. The van der Waals surface area contributed by atoms with Gasteiger partial charge in [-0.25, -0.2) is 0 Å². The Kier molecular flexibility index (Phi) is 3.13. The lowest BCUT2D eigenvalue weighted by molar-refractivity contribution is 0.0899. The fourth-order valence-electron chi connectivity index (χ4n) is 1.81. The van der Waals surface area contributed by atoms with Gasteiger partial charge < -0.3 is 10.4 Å². The second-order valence-electron chi connectivity index (χ2n) is 5.03. The van der Waals surface area contributed by atoms with Crippen molar-refractivity contribution in [1.82, 2.24) is 5.32 Å². The third-order valence-corrected chi connectivity index (χ3v) is 2.38. The summed E-state index contributed by atoms with van der Waals surface area (Å²) in [5.74, 6) is 0. The van der Waals surface area contributed by atoms with Gasteiger partial charge in [0.25, 0.3) is 0 Å². The summed E-state index contributed by atoms with van der Waals surface area (Å²) < 4.78 is 0. The van der Waals surface area contributed by atoms with Gasteiger partial charge in [-0.15, -0.1) is 0 Å². The monoisotopic (exact) mass is 171 g/mol. The van der Waals surface area contributed by atoms with Gasteiger partial charge in [-0.3, -0.25) is 0 Å². The van der Waals surface area contributed by atoms with Crippen LogP contribution in [0.5, 0.6) is 0 Å². The van der Waals surface area contributed by atoms with Gasteiger partial charge >= 0.3 is 0 Å². The minimum atomic E-state index is -0.160. The Morgan fingerprint density at radius 3 is 2.58 bits per heavy atom. The summed E-state index contributed by atoms with van der Waals surface area (Å²) in [6.45, 7) is 7.59. The van der Waals surface area contributed by atoms with Crippen LogP contribution >= 0.6 is 0 Å². The Labute approximate surface area is 75.4 Å². The summed E-state index contributed by atoms with van der Waals surface area (Å²) in [7, 11) is 0. The molecule has 0 aromatic carbocycles. The third kappa shape index (κ3) is 3.11. The van der Waals surface area contributed by atoms with E-state index >= 15 is 0 Å². The van der Waals surface area contributed by atoms with E-state index in [1.165, 1.54) is 6.42 Å². The van der Waals surface area contributed by atoms with Gasteiger partial charge in [0, 0.05) is 6.04 Å². The van der Waals surface area contributed by atoms with Crippen LogP contribution in [0.15, 0.2) is 0 Å². The quantitative estimate of drug-likeness (QED) is 0.660. The standard InChI is InChI=1S/C10H21NO/c1-10(2,3)7-9(12)8-5-4-6-11-8/h8-9,11-12H,4-7H2,1-3H3/t8-,9+/m0/s1. The molecule has 2 nitrogen and oxygen atoms in total. The molecule has 0 aliphatic carbocycles. The van der Waals surface area contributed by atoms with Gasteiger partial charge in [0.1, 0.15) is 0 Å². The van der Waals surface area contributed by atoms with Gasteiger partial charge in [-0.1, -0.05) is 20.8 Å². The van der Waals surface area contributed by atoms with Crippen molar-refractivity contribution in [2.45, 2.75) is 52.2 Å². The molecular formula is C10H21NO. The molecule has 0 spiro atoms. The number of aliphatic hydroxyl groups is 1. The summed E-state index contributed by atoms with van der Waals surface area (Å²) in [4.78, 5) is 0. The molecule has 1 fully saturated rings. The van der Waals surface area contributed by atoms with Crippen LogP contribution in [0, 0.1) is 5.41 Å². The van der Waals surface area contributed by atoms with Crippen LogP contribution < -0.4 is 5.32 Å². The van der Waals surface area contributed by atoms with Crippen LogP contribution in [-0.4, -0.2) is 23.8 Å². The number of nitrogens with one attached hydrogen (secondary N) is 1. The summed E-state index contributed by atoms with van der Waals surface area (Å²) in [6, 6.07) is 0.351. The summed E-state index contributed by atoms with van der Waals surface area (Å²) in [5, 5.41) is 13.2. The van der Waals surface area contributed by atoms with E-state index in [1.54, 1.807) is 0 Å². The predicted octanol–water partition coefficient (Wildman–Crippen LogP) is 1.54. The predicted molar refractivity (Wildman–Crippen MR) is 51.1 cm³/mol. The Morgan fingerprint density at radius 2 is 2.17 bits per heavy atom. The molecule has 0 aromatic heterocycles. The molecule has 0 radical (unpaired) electrons. The van der Waals surface area contributed by atoms with Crippen LogP contribution in [0.3, 0.4) is 0 Å². The maximum atomic E-state index is 9.82. The van der Waals surface area contributed by atoms with Crippen molar-refractivity contribution in [3.05, 3.63) is 0 Å². The normalized spacial score (nSPS) is 27.5. The van der Waals surface area contributed by atoms with Crippen LogP contribution in [0.2, 0.25) is 0 Å².